The molecule has 1 rings (SSSR count). The third kappa shape index (κ3) is 4.22. The van der Waals surface area contributed by atoms with Crippen LogP contribution in [0.2, 0.25) is 0 Å². The van der Waals surface area contributed by atoms with Crippen LogP contribution in [-0.2, 0) is 0 Å². The minimum Gasteiger partial charge on any atom is -0.490 e. The first-order chi connectivity index (χ1) is 8.72. The molecule has 0 aliphatic carbocycles. The Morgan fingerprint density at radius 3 is 2.39 bits per heavy atom. The molecule has 0 heterocycles. The average molecular weight is 251 g/mol. The Morgan fingerprint density at radius 2 is 1.78 bits per heavy atom. The largest absolute Gasteiger partial charge is 0.490 e. The maximum atomic E-state index is 5.64. The Labute approximate surface area is 110 Å². The van der Waals surface area contributed by atoms with E-state index in [-0.39, 0.29) is 0 Å². The van der Waals surface area contributed by atoms with E-state index in [0.717, 1.165) is 30.9 Å². The van der Waals surface area contributed by atoms with Crippen molar-refractivity contribution >= 4 is 0 Å². The maximum Gasteiger partial charge on any atom is 0.161 e. The predicted molar refractivity (Wildman–Crippen MR) is 75.5 cm³/mol. The normalized spacial score (nSPS) is 12.2. The van der Waals surface area contributed by atoms with Crippen LogP contribution in [0.15, 0.2) is 18.2 Å². The van der Waals surface area contributed by atoms with Crippen molar-refractivity contribution in [2.75, 3.05) is 19.8 Å². The molecule has 0 saturated carbocycles. The van der Waals surface area contributed by atoms with Crippen LogP contribution in [0.4, 0.5) is 0 Å². The summed E-state index contributed by atoms with van der Waals surface area (Å²) >= 11 is 0. The van der Waals surface area contributed by atoms with Crippen molar-refractivity contribution in [2.24, 2.45) is 5.73 Å². The molecule has 1 unspecified atom stereocenters. The van der Waals surface area contributed by atoms with E-state index in [1.807, 2.05) is 19.9 Å². The van der Waals surface area contributed by atoms with Crippen LogP contribution in [0.3, 0.4) is 0 Å². The monoisotopic (exact) mass is 251 g/mol. The lowest BCUT2D eigenvalue weighted by atomic mass is 9.96. The summed E-state index contributed by atoms with van der Waals surface area (Å²) in [6.45, 7) is 8.25. The van der Waals surface area contributed by atoms with E-state index < -0.39 is 0 Å². The summed E-state index contributed by atoms with van der Waals surface area (Å²) < 4.78 is 11.2. The SMILES string of the molecule is CCOc1ccc(C(C)CCCN)cc1OCC. The van der Waals surface area contributed by atoms with Crippen LogP contribution in [-0.4, -0.2) is 19.8 Å². The molecule has 2 N–H and O–H groups in total. The van der Waals surface area contributed by atoms with Gasteiger partial charge in [-0.05, 0) is 56.8 Å². The van der Waals surface area contributed by atoms with Gasteiger partial charge in [0.05, 0.1) is 13.2 Å². The maximum absolute atomic E-state index is 5.64. The zero-order chi connectivity index (χ0) is 13.4. The molecule has 0 radical (unpaired) electrons. The van der Waals surface area contributed by atoms with E-state index in [9.17, 15) is 0 Å². The molecule has 18 heavy (non-hydrogen) atoms. The molecule has 0 amide bonds. The third-order valence-corrected chi connectivity index (χ3v) is 2.98. The van der Waals surface area contributed by atoms with Crippen molar-refractivity contribution in [3.05, 3.63) is 23.8 Å². The van der Waals surface area contributed by atoms with Crippen LogP contribution < -0.4 is 15.2 Å². The first-order valence-electron chi connectivity index (χ1n) is 6.82. The van der Waals surface area contributed by atoms with Crippen molar-refractivity contribution in [1.29, 1.82) is 0 Å². The van der Waals surface area contributed by atoms with Gasteiger partial charge in [0.1, 0.15) is 0 Å². The summed E-state index contributed by atoms with van der Waals surface area (Å²) in [6.07, 6.45) is 2.16. The number of nitrogens with two attached hydrogens (primary N) is 1. The highest BCUT2D eigenvalue weighted by Gasteiger charge is 2.10. The molecule has 3 nitrogen and oxygen atoms in total. The Hall–Kier alpha value is -1.22. The topological polar surface area (TPSA) is 44.5 Å². The van der Waals surface area contributed by atoms with Crippen molar-refractivity contribution in [3.63, 3.8) is 0 Å². The predicted octanol–water partition coefficient (Wildman–Crippen LogP) is 3.33. The molecule has 0 spiro atoms. The van der Waals surface area contributed by atoms with E-state index in [4.69, 9.17) is 15.2 Å². The number of benzene rings is 1. The number of hydrogen-bond donors (Lipinski definition) is 1. The van der Waals surface area contributed by atoms with Gasteiger partial charge < -0.3 is 15.2 Å². The van der Waals surface area contributed by atoms with Gasteiger partial charge in [-0.2, -0.15) is 0 Å². The minimum absolute atomic E-state index is 0.503. The first-order valence-corrected chi connectivity index (χ1v) is 6.82. The molecular weight excluding hydrogens is 226 g/mol. The van der Waals surface area contributed by atoms with Gasteiger partial charge in [0.15, 0.2) is 11.5 Å². The molecule has 3 heteroatoms. The average Bonchev–Trinajstić information content (AvgIpc) is 2.38. The fraction of sp³-hybridized carbons (Fsp3) is 0.600. The number of ether oxygens (including phenoxy) is 2. The van der Waals surface area contributed by atoms with Gasteiger partial charge in [-0.3, -0.25) is 0 Å². The van der Waals surface area contributed by atoms with Gasteiger partial charge in [-0.1, -0.05) is 13.0 Å². The molecular formula is C15H25NO2. The molecule has 0 aromatic heterocycles. The summed E-state index contributed by atoms with van der Waals surface area (Å²) in [5, 5.41) is 0. The van der Waals surface area contributed by atoms with Gasteiger partial charge >= 0.3 is 0 Å². The lowest BCUT2D eigenvalue weighted by Crippen LogP contribution is -2.03. The third-order valence-electron chi connectivity index (χ3n) is 2.98. The van der Waals surface area contributed by atoms with Gasteiger partial charge in [-0.25, -0.2) is 0 Å². The van der Waals surface area contributed by atoms with Crippen molar-refractivity contribution < 1.29 is 9.47 Å². The van der Waals surface area contributed by atoms with Crippen LogP contribution in [0.1, 0.15) is 45.1 Å². The Morgan fingerprint density at radius 1 is 1.11 bits per heavy atom. The summed E-state index contributed by atoms with van der Waals surface area (Å²) in [5.41, 5.74) is 6.84. The first kappa shape index (κ1) is 14.8. The summed E-state index contributed by atoms with van der Waals surface area (Å²) in [4.78, 5) is 0. The lowest BCUT2D eigenvalue weighted by molar-refractivity contribution is 0.287. The molecule has 0 aliphatic rings. The summed E-state index contributed by atoms with van der Waals surface area (Å²) in [5.74, 6) is 2.18. The molecule has 1 atom stereocenters. The summed E-state index contributed by atoms with van der Waals surface area (Å²) in [7, 11) is 0. The second-order valence-corrected chi connectivity index (χ2v) is 4.40. The zero-order valence-corrected chi connectivity index (χ0v) is 11.7. The van der Waals surface area contributed by atoms with Gasteiger partial charge in [0.2, 0.25) is 0 Å². The highest BCUT2D eigenvalue weighted by molar-refractivity contribution is 5.44. The smallest absolute Gasteiger partial charge is 0.161 e. The van der Waals surface area contributed by atoms with E-state index in [1.165, 1.54) is 5.56 Å². The highest BCUT2D eigenvalue weighted by atomic mass is 16.5. The molecule has 102 valence electrons. The molecule has 0 saturated heterocycles. The van der Waals surface area contributed by atoms with Crippen LogP contribution in [0, 0.1) is 0 Å². The van der Waals surface area contributed by atoms with Crippen molar-refractivity contribution in [3.8, 4) is 11.5 Å². The standard InChI is InChI=1S/C15H25NO2/c1-4-17-14-9-8-13(11-15(14)18-5-2)12(3)7-6-10-16/h8-9,11-12H,4-7,10,16H2,1-3H3. The lowest BCUT2D eigenvalue weighted by Gasteiger charge is -2.16. The second-order valence-electron chi connectivity index (χ2n) is 4.40. The highest BCUT2D eigenvalue weighted by Crippen LogP contribution is 2.32. The molecule has 0 bridgehead atoms. The Balaban J connectivity index is 2.84. The van der Waals surface area contributed by atoms with Crippen molar-refractivity contribution in [1.82, 2.24) is 0 Å². The van der Waals surface area contributed by atoms with Gasteiger partial charge in [-0.15, -0.1) is 0 Å². The summed E-state index contributed by atoms with van der Waals surface area (Å²) in [6, 6.07) is 6.22. The molecule has 0 fully saturated rings. The van der Waals surface area contributed by atoms with Crippen LogP contribution in [0.5, 0.6) is 11.5 Å². The van der Waals surface area contributed by atoms with Crippen LogP contribution in [0.25, 0.3) is 0 Å². The van der Waals surface area contributed by atoms with E-state index in [1.54, 1.807) is 0 Å². The minimum atomic E-state index is 0.503. The quantitative estimate of drug-likeness (QED) is 0.770. The van der Waals surface area contributed by atoms with E-state index >= 15 is 0 Å². The fourth-order valence-electron chi connectivity index (χ4n) is 1.96. The second kappa shape index (κ2) is 7.98. The molecule has 1 aromatic rings. The zero-order valence-electron chi connectivity index (χ0n) is 11.7. The number of rotatable bonds is 8. The Bertz CT molecular complexity index is 352. The fourth-order valence-corrected chi connectivity index (χ4v) is 1.96. The van der Waals surface area contributed by atoms with E-state index in [0.29, 0.717) is 19.1 Å². The van der Waals surface area contributed by atoms with Gasteiger partial charge in [0, 0.05) is 0 Å². The number of hydrogen-bond acceptors (Lipinski definition) is 3. The van der Waals surface area contributed by atoms with Crippen molar-refractivity contribution in [2.45, 2.75) is 39.5 Å². The van der Waals surface area contributed by atoms with E-state index in [2.05, 4.69) is 19.1 Å². The van der Waals surface area contributed by atoms with Crippen LogP contribution >= 0.6 is 0 Å². The Kier molecular flexibility index (Phi) is 6.58. The molecule has 1 aromatic carbocycles. The molecule has 0 aliphatic heterocycles. The van der Waals surface area contributed by atoms with Gasteiger partial charge in [0.25, 0.3) is 0 Å².